The topological polar surface area (TPSA) is 84.0 Å². The molecule has 1 aromatic rings. The Morgan fingerprint density at radius 1 is 1.11 bits per heavy atom. The molecule has 0 aliphatic rings. The first-order valence-electron chi connectivity index (χ1n) is 9.17. The number of hydrogen-bond donors (Lipinski definition) is 3. The lowest BCUT2D eigenvalue weighted by Crippen LogP contribution is -2.41. The van der Waals surface area contributed by atoms with Gasteiger partial charge in [-0.1, -0.05) is 6.07 Å². The molecule has 3 N–H and O–H groups in total. The van der Waals surface area contributed by atoms with Crippen molar-refractivity contribution in [1.29, 1.82) is 0 Å². The summed E-state index contributed by atoms with van der Waals surface area (Å²) in [6.07, 6.45) is 1.85. The molecule has 0 spiro atoms. The van der Waals surface area contributed by atoms with Gasteiger partial charge in [0, 0.05) is 33.1 Å². The van der Waals surface area contributed by atoms with Crippen molar-refractivity contribution in [2.75, 3.05) is 39.9 Å². The summed E-state index contributed by atoms with van der Waals surface area (Å²) in [4.78, 5) is 15.4. The van der Waals surface area contributed by atoms with Gasteiger partial charge in [-0.05, 0) is 44.4 Å². The molecule has 0 atom stereocenters. The number of aliphatic imine (C=N–C) groups is 1. The summed E-state index contributed by atoms with van der Waals surface area (Å²) in [5.41, 5.74) is 1.20. The molecule has 7 nitrogen and oxygen atoms in total. The van der Waals surface area contributed by atoms with Crippen LogP contribution in [-0.2, 0) is 11.2 Å². The second-order valence-corrected chi connectivity index (χ2v) is 5.69. The van der Waals surface area contributed by atoms with E-state index in [0.29, 0.717) is 26.2 Å². The number of methoxy groups -OCH3 is 1. The first-order chi connectivity index (χ1) is 12.6. The molecule has 0 saturated heterocycles. The zero-order valence-corrected chi connectivity index (χ0v) is 19.1. The summed E-state index contributed by atoms with van der Waals surface area (Å²) < 4.78 is 10.9. The van der Waals surface area contributed by atoms with Crippen LogP contribution in [0.4, 0.5) is 0 Å². The highest BCUT2D eigenvalue weighted by molar-refractivity contribution is 14.0. The lowest BCUT2D eigenvalue weighted by Gasteiger charge is -2.12. The molecule has 0 saturated carbocycles. The Morgan fingerprint density at radius 2 is 1.85 bits per heavy atom. The van der Waals surface area contributed by atoms with E-state index in [0.717, 1.165) is 36.8 Å². The Labute approximate surface area is 179 Å². The standard InChI is InChI=1S/C19H32N4O3.HI/c1-5-20-19(23-13-12-21-15(3)24)22-11-7-8-16-9-10-17(25-4)18(14-16)26-6-2;/h9-10,14H,5-8,11-13H2,1-4H3,(H,21,24)(H2,20,22,23);1H. The minimum absolute atomic E-state index is 0. The Bertz CT molecular complexity index is 582. The normalized spacial score (nSPS) is 10.6. The summed E-state index contributed by atoms with van der Waals surface area (Å²) in [5.74, 6) is 2.28. The SMILES string of the molecule is CCNC(=NCCCc1ccc(OC)c(OCC)c1)NCCNC(C)=O.I. The molecular weight excluding hydrogens is 459 g/mol. The second kappa shape index (κ2) is 15.4. The first kappa shape index (κ1) is 25.3. The van der Waals surface area contributed by atoms with Crippen molar-refractivity contribution < 1.29 is 14.3 Å². The molecule has 1 rings (SSSR count). The minimum Gasteiger partial charge on any atom is -0.493 e. The average molecular weight is 492 g/mol. The van der Waals surface area contributed by atoms with E-state index >= 15 is 0 Å². The van der Waals surface area contributed by atoms with Crippen LogP contribution in [0.5, 0.6) is 11.5 Å². The van der Waals surface area contributed by atoms with Gasteiger partial charge in [0.25, 0.3) is 0 Å². The number of aryl methyl sites for hydroxylation is 1. The van der Waals surface area contributed by atoms with Gasteiger partial charge in [-0.3, -0.25) is 9.79 Å². The minimum atomic E-state index is -0.0281. The van der Waals surface area contributed by atoms with E-state index in [1.54, 1.807) is 7.11 Å². The summed E-state index contributed by atoms with van der Waals surface area (Å²) in [6.45, 7) is 8.83. The maximum atomic E-state index is 10.9. The first-order valence-corrected chi connectivity index (χ1v) is 9.17. The highest BCUT2D eigenvalue weighted by Crippen LogP contribution is 2.28. The molecule has 8 heteroatoms. The van der Waals surface area contributed by atoms with Gasteiger partial charge in [0.2, 0.25) is 5.91 Å². The summed E-state index contributed by atoms with van der Waals surface area (Å²) in [5, 5.41) is 9.15. The van der Waals surface area contributed by atoms with Gasteiger partial charge < -0.3 is 25.4 Å². The van der Waals surface area contributed by atoms with Gasteiger partial charge >= 0.3 is 0 Å². The number of benzene rings is 1. The molecule has 0 aliphatic carbocycles. The van der Waals surface area contributed by atoms with E-state index in [-0.39, 0.29) is 29.9 Å². The summed E-state index contributed by atoms with van der Waals surface area (Å²) in [7, 11) is 1.65. The molecule has 0 aromatic heterocycles. The van der Waals surface area contributed by atoms with Crippen molar-refractivity contribution in [3.05, 3.63) is 23.8 Å². The zero-order valence-electron chi connectivity index (χ0n) is 16.8. The van der Waals surface area contributed by atoms with Crippen LogP contribution in [0.1, 0.15) is 32.8 Å². The number of carbonyl (C=O) groups is 1. The molecule has 0 aliphatic heterocycles. The lowest BCUT2D eigenvalue weighted by atomic mass is 10.1. The highest BCUT2D eigenvalue weighted by atomic mass is 127. The zero-order chi connectivity index (χ0) is 19.2. The number of rotatable bonds is 11. The molecule has 1 amide bonds. The third kappa shape index (κ3) is 10.9. The fraction of sp³-hybridized carbons (Fsp3) is 0.579. The molecule has 154 valence electrons. The van der Waals surface area contributed by atoms with Gasteiger partial charge in [0.15, 0.2) is 17.5 Å². The smallest absolute Gasteiger partial charge is 0.216 e. The number of halogens is 1. The van der Waals surface area contributed by atoms with Gasteiger partial charge in [-0.25, -0.2) is 0 Å². The van der Waals surface area contributed by atoms with Crippen LogP contribution in [0, 0.1) is 0 Å². The molecule has 0 bridgehead atoms. The molecule has 0 unspecified atom stereocenters. The number of nitrogens with one attached hydrogen (secondary N) is 3. The number of ether oxygens (including phenoxy) is 2. The quantitative estimate of drug-likeness (QED) is 0.191. The fourth-order valence-corrected chi connectivity index (χ4v) is 2.38. The van der Waals surface area contributed by atoms with Crippen molar-refractivity contribution in [2.24, 2.45) is 4.99 Å². The summed E-state index contributed by atoms with van der Waals surface area (Å²) in [6, 6.07) is 6.03. The Kier molecular flexibility index (Phi) is 14.4. The Balaban J connectivity index is 0.00000676. The molecule has 1 aromatic carbocycles. The van der Waals surface area contributed by atoms with Crippen LogP contribution in [0.25, 0.3) is 0 Å². The van der Waals surface area contributed by atoms with E-state index in [4.69, 9.17) is 9.47 Å². The fourth-order valence-electron chi connectivity index (χ4n) is 2.38. The van der Waals surface area contributed by atoms with E-state index in [1.165, 1.54) is 12.5 Å². The number of guanidine groups is 1. The largest absolute Gasteiger partial charge is 0.493 e. The van der Waals surface area contributed by atoms with Crippen molar-refractivity contribution in [1.82, 2.24) is 16.0 Å². The summed E-state index contributed by atoms with van der Waals surface area (Å²) >= 11 is 0. The van der Waals surface area contributed by atoms with Crippen LogP contribution in [0.2, 0.25) is 0 Å². The molecule has 0 fully saturated rings. The van der Waals surface area contributed by atoms with Gasteiger partial charge in [-0.2, -0.15) is 0 Å². The van der Waals surface area contributed by atoms with Crippen LogP contribution < -0.4 is 25.4 Å². The van der Waals surface area contributed by atoms with E-state index in [1.807, 2.05) is 26.0 Å². The number of carbonyl (C=O) groups excluding carboxylic acids is 1. The molecule has 0 heterocycles. The average Bonchev–Trinajstić information content (AvgIpc) is 2.62. The van der Waals surface area contributed by atoms with E-state index in [2.05, 4.69) is 27.0 Å². The molecule has 0 radical (unpaired) electrons. The van der Waals surface area contributed by atoms with Crippen LogP contribution >= 0.6 is 24.0 Å². The lowest BCUT2D eigenvalue weighted by molar-refractivity contribution is -0.118. The van der Waals surface area contributed by atoms with Gasteiger partial charge in [0.05, 0.1) is 13.7 Å². The van der Waals surface area contributed by atoms with Crippen molar-refractivity contribution in [3.8, 4) is 11.5 Å². The monoisotopic (exact) mass is 492 g/mol. The molecule has 27 heavy (non-hydrogen) atoms. The molecular formula is C19H33IN4O3. The third-order valence-electron chi connectivity index (χ3n) is 3.56. The predicted octanol–water partition coefficient (Wildman–Crippen LogP) is 2.34. The van der Waals surface area contributed by atoms with E-state index < -0.39 is 0 Å². The maximum Gasteiger partial charge on any atom is 0.216 e. The van der Waals surface area contributed by atoms with Crippen LogP contribution in [0.3, 0.4) is 0 Å². The van der Waals surface area contributed by atoms with Gasteiger partial charge in [-0.15, -0.1) is 24.0 Å². The van der Waals surface area contributed by atoms with E-state index in [9.17, 15) is 4.79 Å². The predicted molar refractivity (Wildman–Crippen MR) is 121 cm³/mol. The Hall–Kier alpha value is -1.71. The van der Waals surface area contributed by atoms with Crippen LogP contribution in [0.15, 0.2) is 23.2 Å². The number of amides is 1. The van der Waals surface area contributed by atoms with Gasteiger partial charge in [0.1, 0.15) is 0 Å². The Morgan fingerprint density at radius 3 is 2.48 bits per heavy atom. The second-order valence-electron chi connectivity index (χ2n) is 5.69. The van der Waals surface area contributed by atoms with Crippen molar-refractivity contribution in [2.45, 2.75) is 33.6 Å². The van der Waals surface area contributed by atoms with Crippen LogP contribution in [-0.4, -0.2) is 51.8 Å². The van der Waals surface area contributed by atoms with Crippen molar-refractivity contribution in [3.63, 3.8) is 0 Å². The maximum absolute atomic E-state index is 10.9. The number of hydrogen-bond acceptors (Lipinski definition) is 4. The highest BCUT2D eigenvalue weighted by Gasteiger charge is 2.05. The van der Waals surface area contributed by atoms with Crippen molar-refractivity contribution >= 4 is 35.8 Å². The number of nitrogens with zero attached hydrogens (tertiary/aromatic N) is 1. The third-order valence-corrected chi connectivity index (χ3v) is 3.56.